The maximum atomic E-state index is 12.8. The van der Waals surface area contributed by atoms with Crippen LogP contribution in [0, 0.1) is 6.92 Å². The first kappa shape index (κ1) is 28.0. The number of hydrogen-bond acceptors (Lipinski definition) is 6. The van der Waals surface area contributed by atoms with E-state index in [0.717, 1.165) is 50.7 Å². The summed E-state index contributed by atoms with van der Waals surface area (Å²) in [6.45, 7) is 4.49. The van der Waals surface area contributed by atoms with Gasteiger partial charge in [-0.3, -0.25) is 4.79 Å². The molecule has 1 aliphatic heterocycles. The molecule has 0 atom stereocenters. The number of ether oxygens (including phenoxy) is 1. The van der Waals surface area contributed by atoms with Crippen LogP contribution in [0.15, 0.2) is 91.0 Å². The molecule has 5 aromatic rings. The first-order valence-electron chi connectivity index (χ1n) is 14.4. The van der Waals surface area contributed by atoms with E-state index in [1.807, 2.05) is 90.3 Å². The molecular weight excluding hydrogens is 542 g/mol. The highest BCUT2D eigenvalue weighted by Gasteiger charge is 2.26. The lowest BCUT2D eigenvalue weighted by Gasteiger charge is -2.35. The van der Waals surface area contributed by atoms with Gasteiger partial charge in [0.2, 0.25) is 0 Å². The van der Waals surface area contributed by atoms with Crippen LogP contribution in [-0.2, 0) is 22.6 Å². The minimum atomic E-state index is -0.822. The molecule has 9 heteroatoms. The van der Waals surface area contributed by atoms with Crippen LogP contribution in [0.1, 0.15) is 23.2 Å². The van der Waals surface area contributed by atoms with Crippen LogP contribution in [-0.4, -0.2) is 62.8 Å². The highest BCUT2D eigenvalue weighted by molar-refractivity contribution is 5.83. The van der Waals surface area contributed by atoms with Gasteiger partial charge in [-0.05, 0) is 36.1 Å². The summed E-state index contributed by atoms with van der Waals surface area (Å²) in [5.41, 5.74) is 7.21. The summed E-state index contributed by atoms with van der Waals surface area (Å²) in [7, 11) is 0. The molecule has 0 aliphatic carbocycles. The van der Waals surface area contributed by atoms with E-state index in [4.69, 9.17) is 14.8 Å². The molecule has 0 spiro atoms. The third-order valence-electron chi connectivity index (χ3n) is 7.72. The topological polar surface area (TPSA) is 100 Å². The number of benzene rings is 3. The maximum absolute atomic E-state index is 12.8. The molecule has 2 aromatic heterocycles. The number of carboxylic acids is 1. The number of amides is 1. The Balaban J connectivity index is 1.31. The van der Waals surface area contributed by atoms with E-state index in [-0.39, 0.29) is 19.1 Å². The van der Waals surface area contributed by atoms with Crippen molar-refractivity contribution < 1.29 is 19.4 Å². The fraction of sp³-hybridized carbons (Fsp3) is 0.235. The quantitative estimate of drug-likeness (QED) is 0.248. The average Bonchev–Trinajstić information content (AvgIpc) is 3.39. The molecular formula is C34H33N5O4. The Hall–Kier alpha value is -5.18. The van der Waals surface area contributed by atoms with Crippen molar-refractivity contribution in [3.8, 4) is 22.4 Å². The Kier molecular flexibility index (Phi) is 8.04. The van der Waals surface area contributed by atoms with Crippen molar-refractivity contribution in [3.63, 3.8) is 0 Å². The molecule has 1 N–H and O–H groups in total. The fourth-order valence-electron chi connectivity index (χ4n) is 5.49. The normalized spacial score (nSPS) is 13.3. The average molecular weight is 576 g/mol. The molecule has 0 bridgehead atoms. The van der Waals surface area contributed by atoms with Crippen molar-refractivity contribution in [3.05, 3.63) is 108 Å². The molecule has 43 heavy (non-hydrogen) atoms. The van der Waals surface area contributed by atoms with Gasteiger partial charge in [-0.25, -0.2) is 9.78 Å². The molecule has 0 radical (unpaired) electrons. The highest BCUT2D eigenvalue weighted by Crippen LogP contribution is 2.33. The standard InChI is InChI=1S/C34H33N5O4/c1-24-32(27-12-6-3-7-13-27)33-35-29(28-14-8-11-25(21-28)15-16-31(40)41)22-30(39(33)36-24)37-17-19-38(20-18-37)34(42)43-23-26-9-4-2-5-10-26/h2-14,21-22H,15-20,23H2,1H3,(H,40,41). The van der Waals surface area contributed by atoms with Gasteiger partial charge in [0.25, 0.3) is 0 Å². The van der Waals surface area contributed by atoms with Crippen LogP contribution in [0.5, 0.6) is 0 Å². The van der Waals surface area contributed by atoms with Gasteiger partial charge in [-0.15, -0.1) is 0 Å². The first-order valence-corrected chi connectivity index (χ1v) is 14.4. The third-order valence-corrected chi connectivity index (χ3v) is 7.72. The highest BCUT2D eigenvalue weighted by atomic mass is 16.6. The van der Waals surface area contributed by atoms with Gasteiger partial charge in [-0.1, -0.05) is 78.9 Å². The Morgan fingerprint density at radius 2 is 1.51 bits per heavy atom. The predicted molar refractivity (Wildman–Crippen MR) is 165 cm³/mol. The lowest BCUT2D eigenvalue weighted by Crippen LogP contribution is -2.49. The lowest BCUT2D eigenvalue weighted by atomic mass is 10.0. The SMILES string of the molecule is Cc1nn2c(N3CCN(C(=O)OCc4ccccc4)CC3)cc(-c3cccc(CCC(=O)O)c3)nc2c1-c1ccccc1. The van der Waals surface area contributed by atoms with Crippen molar-refractivity contribution in [2.24, 2.45) is 0 Å². The van der Waals surface area contributed by atoms with Gasteiger partial charge >= 0.3 is 12.1 Å². The van der Waals surface area contributed by atoms with Crippen LogP contribution >= 0.6 is 0 Å². The van der Waals surface area contributed by atoms with E-state index in [1.54, 1.807) is 4.90 Å². The molecule has 0 saturated carbocycles. The van der Waals surface area contributed by atoms with Gasteiger partial charge in [0.1, 0.15) is 12.4 Å². The van der Waals surface area contributed by atoms with E-state index in [1.165, 1.54) is 0 Å². The minimum absolute atomic E-state index is 0.0687. The second-order valence-electron chi connectivity index (χ2n) is 10.7. The van der Waals surface area contributed by atoms with Crippen molar-refractivity contribution in [1.29, 1.82) is 0 Å². The number of aromatic nitrogens is 3. The minimum Gasteiger partial charge on any atom is -0.481 e. The zero-order chi connectivity index (χ0) is 29.8. The van der Waals surface area contributed by atoms with Crippen LogP contribution in [0.3, 0.4) is 0 Å². The Morgan fingerprint density at radius 3 is 2.23 bits per heavy atom. The van der Waals surface area contributed by atoms with E-state index < -0.39 is 5.97 Å². The molecule has 218 valence electrons. The Labute approximate surface area is 250 Å². The van der Waals surface area contributed by atoms with Crippen molar-refractivity contribution in [2.75, 3.05) is 31.1 Å². The molecule has 1 aliphatic rings. The summed E-state index contributed by atoms with van der Waals surface area (Å²) in [5.74, 6) is 0.0658. The third kappa shape index (κ3) is 6.21. The lowest BCUT2D eigenvalue weighted by molar-refractivity contribution is -0.136. The molecule has 1 saturated heterocycles. The Bertz CT molecular complexity index is 1750. The van der Waals surface area contributed by atoms with Gasteiger partial charge in [0.05, 0.1) is 11.4 Å². The van der Waals surface area contributed by atoms with E-state index >= 15 is 0 Å². The van der Waals surface area contributed by atoms with Crippen LogP contribution < -0.4 is 4.90 Å². The van der Waals surface area contributed by atoms with Gasteiger partial charge in [-0.2, -0.15) is 9.61 Å². The number of hydrogen-bond donors (Lipinski definition) is 1. The number of aryl methyl sites for hydroxylation is 2. The summed E-state index contributed by atoms with van der Waals surface area (Å²) in [6, 6.07) is 29.7. The van der Waals surface area contributed by atoms with Gasteiger partial charge in [0, 0.05) is 49.8 Å². The maximum Gasteiger partial charge on any atom is 0.410 e. The number of carbonyl (C=O) groups excluding carboxylic acids is 1. The second kappa shape index (κ2) is 12.4. The Morgan fingerprint density at radius 1 is 0.837 bits per heavy atom. The van der Waals surface area contributed by atoms with Crippen LogP contribution in [0.2, 0.25) is 0 Å². The van der Waals surface area contributed by atoms with E-state index in [2.05, 4.69) is 17.0 Å². The summed E-state index contributed by atoms with van der Waals surface area (Å²) < 4.78 is 7.48. The molecule has 1 fully saturated rings. The number of anilines is 1. The van der Waals surface area contributed by atoms with Gasteiger partial charge < -0.3 is 19.6 Å². The zero-order valence-corrected chi connectivity index (χ0v) is 24.0. The number of piperazine rings is 1. The molecule has 9 nitrogen and oxygen atoms in total. The summed E-state index contributed by atoms with van der Waals surface area (Å²) in [4.78, 5) is 33.1. The number of aliphatic carboxylic acids is 1. The molecule has 3 aromatic carbocycles. The smallest absolute Gasteiger partial charge is 0.410 e. The fourth-order valence-corrected chi connectivity index (χ4v) is 5.49. The summed E-state index contributed by atoms with van der Waals surface area (Å²) in [6.07, 6.45) is 0.199. The summed E-state index contributed by atoms with van der Waals surface area (Å²) in [5, 5.41) is 14.1. The number of fused-ring (bicyclic) bond motifs is 1. The zero-order valence-electron chi connectivity index (χ0n) is 24.0. The summed E-state index contributed by atoms with van der Waals surface area (Å²) >= 11 is 0. The number of nitrogens with zero attached hydrogens (tertiary/aromatic N) is 5. The van der Waals surface area contributed by atoms with Gasteiger partial charge in [0.15, 0.2) is 5.65 Å². The molecule has 3 heterocycles. The first-order chi connectivity index (χ1) is 21.0. The largest absolute Gasteiger partial charge is 0.481 e. The van der Waals surface area contributed by atoms with Crippen LogP contribution in [0.4, 0.5) is 10.6 Å². The predicted octanol–water partition coefficient (Wildman–Crippen LogP) is 5.85. The van der Waals surface area contributed by atoms with Crippen molar-refractivity contribution in [2.45, 2.75) is 26.4 Å². The second-order valence-corrected chi connectivity index (χ2v) is 10.7. The van der Waals surface area contributed by atoms with Crippen molar-refractivity contribution >= 4 is 23.5 Å². The molecule has 0 unspecified atom stereocenters. The number of rotatable bonds is 8. The van der Waals surface area contributed by atoms with Crippen molar-refractivity contribution in [1.82, 2.24) is 19.5 Å². The van der Waals surface area contributed by atoms with E-state index in [9.17, 15) is 14.7 Å². The number of carboxylic acid groups (broad SMARTS) is 1. The van der Waals surface area contributed by atoms with E-state index in [0.29, 0.717) is 32.6 Å². The molecule has 1 amide bonds. The monoisotopic (exact) mass is 575 g/mol. The van der Waals surface area contributed by atoms with Crippen LogP contribution in [0.25, 0.3) is 28.0 Å². The number of carbonyl (C=O) groups is 2. The molecule has 6 rings (SSSR count).